The first-order valence-corrected chi connectivity index (χ1v) is 25.4. The topological polar surface area (TPSA) is 120 Å². The molecule has 10 heteroatoms. The van der Waals surface area contributed by atoms with Crippen molar-refractivity contribution in [2.24, 2.45) is 0 Å². The van der Waals surface area contributed by atoms with E-state index in [0.29, 0.717) is 19.4 Å². The SMILES string of the molecule is CC/C=C\C/C=C\C/C=C\C/C=C\C/C=C\CCCCCC(=O)OCC(COP(=O)(O)OCCNC)OC(=O)CCCCCCCCCCC/C=C\CCCCCCCC. The first-order valence-electron chi connectivity index (χ1n) is 23.9. The monoisotopic (exact) mass is 862 g/mol. The Kier molecular flexibility index (Phi) is 44.0. The molecule has 2 unspecified atom stereocenters. The zero-order valence-corrected chi connectivity index (χ0v) is 39.3. The molecule has 0 aromatic heterocycles. The van der Waals surface area contributed by atoms with Crippen LogP contribution in [0.5, 0.6) is 0 Å². The zero-order chi connectivity index (χ0) is 43.9. The van der Waals surface area contributed by atoms with Crippen molar-refractivity contribution in [3.05, 3.63) is 72.9 Å². The molecular weight excluding hydrogens is 774 g/mol. The van der Waals surface area contributed by atoms with Crippen LogP contribution in [0.25, 0.3) is 0 Å². The van der Waals surface area contributed by atoms with Crippen LogP contribution in [0.15, 0.2) is 72.9 Å². The van der Waals surface area contributed by atoms with Crippen LogP contribution in [-0.2, 0) is 32.7 Å². The maximum atomic E-state index is 12.7. The lowest BCUT2D eigenvalue weighted by Gasteiger charge is -2.20. The van der Waals surface area contributed by atoms with Gasteiger partial charge in [-0.15, -0.1) is 0 Å². The van der Waals surface area contributed by atoms with Crippen molar-refractivity contribution in [2.45, 2.75) is 200 Å². The van der Waals surface area contributed by atoms with Gasteiger partial charge in [-0.3, -0.25) is 18.6 Å². The number of carbonyl (C=O) groups is 2. The van der Waals surface area contributed by atoms with E-state index in [-0.39, 0.29) is 26.1 Å². The highest BCUT2D eigenvalue weighted by Crippen LogP contribution is 2.43. The molecule has 0 bridgehead atoms. The molecule has 0 amide bonds. The molecule has 346 valence electrons. The molecule has 0 aliphatic heterocycles. The maximum Gasteiger partial charge on any atom is 0.472 e. The lowest BCUT2D eigenvalue weighted by molar-refractivity contribution is -0.161. The van der Waals surface area contributed by atoms with E-state index in [0.717, 1.165) is 70.6 Å². The number of hydrogen-bond acceptors (Lipinski definition) is 8. The van der Waals surface area contributed by atoms with Gasteiger partial charge in [0.05, 0.1) is 13.2 Å². The molecule has 0 heterocycles. The van der Waals surface area contributed by atoms with Crippen molar-refractivity contribution in [1.82, 2.24) is 5.32 Å². The van der Waals surface area contributed by atoms with Gasteiger partial charge in [-0.05, 0) is 90.5 Å². The fraction of sp³-hybridized carbons (Fsp3) is 0.720. The Morgan fingerprint density at radius 1 is 0.533 bits per heavy atom. The van der Waals surface area contributed by atoms with Crippen molar-refractivity contribution in [3.8, 4) is 0 Å². The van der Waals surface area contributed by atoms with Crippen LogP contribution in [0, 0.1) is 0 Å². The molecule has 0 radical (unpaired) electrons. The van der Waals surface area contributed by atoms with Gasteiger partial charge in [0.2, 0.25) is 0 Å². The van der Waals surface area contributed by atoms with Gasteiger partial charge in [0.25, 0.3) is 0 Å². The largest absolute Gasteiger partial charge is 0.472 e. The number of rotatable bonds is 44. The number of ether oxygens (including phenoxy) is 2. The van der Waals surface area contributed by atoms with Gasteiger partial charge in [-0.2, -0.15) is 0 Å². The number of hydrogen-bond donors (Lipinski definition) is 2. The van der Waals surface area contributed by atoms with Gasteiger partial charge < -0.3 is 19.7 Å². The van der Waals surface area contributed by atoms with Gasteiger partial charge in [0, 0.05) is 19.4 Å². The highest BCUT2D eigenvalue weighted by molar-refractivity contribution is 7.47. The summed E-state index contributed by atoms with van der Waals surface area (Å²) in [6, 6.07) is 0. The third-order valence-electron chi connectivity index (χ3n) is 9.81. The summed E-state index contributed by atoms with van der Waals surface area (Å²) >= 11 is 0. The summed E-state index contributed by atoms with van der Waals surface area (Å²) in [5, 5.41) is 2.82. The van der Waals surface area contributed by atoms with Crippen LogP contribution in [0.2, 0.25) is 0 Å². The van der Waals surface area contributed by atoms with Crippen LogP contribution >= 0.6 is 7.82 Å². The molecule has 9 nitrogen and oxygen atoms in total. The van der Waals surface area contributed by atoms with E-state index in [2.05, 4.69) is 92.1 Å². The zero-order valence-electron chi connectivity index (χ0n) is 38.4. The lowest BCUT2D eigenvalue weighted by Crippen LogP contribution is -2.29. The Morgan fingerprint density at radius 2 is 0.950 bits per heavy atom. The second-order valence-electron chi connectivity index (χ2n) is 15.6. The van der Waals surface area contributed by atoms with E-state index in [1.54, 1.807) is 7.05 Å². The smallest absolute Gasteiger partial charge is 0.462 e. The predicted octanol–water partition coefficient (Wildman–Crippen LogP) is 14.1. The van der Waals surface area contributed by atoms with Gasteiger partial charge >= 0.3 is 19.8 Å². The van der Waals surface area contributed by atoms with Crippen LogP contribution in [-0.4, -0.2) is 56.3 Å². The quantitative estimate of drug-likeness (QED) is 0.0267. The van der Waals surface area contributed by atoms with Gasteiger partial charge in [-0.25, -0.2) is 4.57 Å². The molecule has 0 spiro atoms. The predicted molar refractivity (Wildman–Crippen MR) is 252 cm³/mol. The number of unbranched alkanes of at least 4 members (excludes halogenated alkanes) is 18. The standard InChI is InChI=1S/C50H88NO8P/c1-4-6-8-10-12-14-16-18-20-22-24-26-28-30-32-34-36-38-40-42-49(52)56-46-48(47-58-60(54,55)57-45-44-51-3)59-50(53)43-41-39-37-35-33-31-29-27-25-23-21-19-17-15-13-11-9-7-5-2/h6,8,12,14,18-21,24,26,30,32,48,51H,4-5,7,9-11,13,15-17,22-23,25,27-29,31,33-47H2,1-3H3,(H,54,55)/b8-6-,14-12-,20-18-,21-19-,26-24-,32-30-. The number of esters is 2. The van der Waals surface area contributed by atoms with Gasteiger partial charge in [-0.1, -0.05) is 170 Å². The van der Waals surface area contributed by atoms with Crippen LogP contribution in [0.4, 0.5) is 0 Å². The van der Waals surface area contributed by atoms with Crippen molar-refractivity contribution in [2.75, 3.05) is 33.4 Å². The average molecular weight is 862 g/mol. The second kappa shape index (κ2) is 46.0. The Hall–Kier alpha value is -2.55. The van der Waals surface area contributed by atoms with E-state index >= 15 is 0 Å². The molecular formula is C50H88NO8P. The highest BCUT2D eigenvalue weighted by Gasteiger charge is 2.26. The third kappa shape index (κ3) is 45.0. The first-order chi connectivity index (χ1) is 29.3. The van der Waals surface area contributed by atoms with Crippen molar-refractivity contribution in [3.63, 3.8) is 0 Å². The molecule has 2 N–H and O–H groups in total. The summed E-state index contributed by atoms with van der Waals surface area (Å²) in [5.41, 5.74) is 0. The summed E-state index contributed by atoms with van der Waals surface area (Å²) in [6.45, 7) is 4.07. The van der Waals surface area contributed by atoms with Crippen LogP contribution < -0.4 is 5.32 Å². The number of allylic oxidation sites excluding steroid dienone is 12. The molecule has 0 aliphatic carbocycles. The summed E-state index contributed by atoms with van der Waals surface area (Å²) in [7, 11) is -2.67. The van der Waals surface area contributed by atoms with Gasteiger partial charge in [0.15, 0.2) is 6.10 Å². The molecule has 0 aromatic carbocycles. The Balaban J connectivity index is 4.24. The molecule has 0 aliphatic rings. The molecule has 0 fully saturated rings. The lowest BCUT2D eigenvalue weighted by atomic mass is 10.1. The third-order valence-corrected chi connectivity index (χ3v) is 10.8. The Morgan fingerprint density at radius 3 is 1.45 bits per heavy atom. The van der Waals surface area contributed by atoms with Crippen molar-refractivity contribution in [1.29, 1.82) is 0 Å². The summed E-state index contributed by atoms with van der Waals surface area (Å²) in [5.74, 6) is -0.849. The molecule has 2 atom stereocenters. The number of likely N-dealkylation sites (N-methyl/N-ethyl adjacent to an activating group) is 1. The minimum Gasteiger partial charge on any atom is -0.462 e. The summed E-state index contributed by atoms with van der Waals surface area (Å²) in [6.07, 6.45) is 55.2. The fourth-order valence-corrected chi connectivity index (χ4v) is 6.97. The van der Waals surface area contributed by atoms with Crippen molar-refractivity contribution >= 4 is 19.8 Å². The number of phosphoric acid groups is 1. The maximum absolute atomic E-state index is 12.7. The number of phosphoric ester groups is 1. The minimum absolute atomic E-state index is 0.0260. The average Bonchev–Trinajstić information content (AvgIpc) is 3.23. The van der Waals surface area contributed by atoms with Crippen molar-refractivity contribution < 1.29 is 37.6 Å². The Bertz CT molecular complexity index is 1210. The minimum atomic E-state index is -4.36. The van der Waals surface area contributed by atoms with E-state index < -0.39 is 32.5 Å². The normalized spacial score (nSPS) is 13.9. The first kappa shape index (κ1) is 57.4. The molecule has 60 heavy (non-hydrogen) atoms. The van der Waals surface area contributed by atoms with E-state index in [1.807, 2.05) is 0 Å². The molecule has 0 rings (SSSR count). The van der Waals surface area contributed by atoms with E-state index in [4.69, 9.17) is 18.5 Å². The van der Waals surface area contributed by atoms with Crippen LogP contribution in [0.1, 0.15) is 194 Å². The summed E-state index contributed by atoms with van der Waals surface area (Å²) < 4.78 is 33.3. The number of carbonyl (C=O) groups excluding carboxylic acids is 2. The van der Waals surface area contributed by atoms with Gasteiger partial charge in [0.1, 0.15) is 6.61 Å². The highest BCUT2D eigenvalue weighted by atomic mass is 31.2. The van der Waals surface area contributed by atoms with E-state index in [1.165, 1.54) is 83.5 Å². The van der Waals surface area contributed by atoms with E-state index in [9.17, 15) is 19.0 Å². The number of nitrogens with one attached hydrogen (secondary N) is 1. The summed E-state index contributed by atoms with van der Waals surface area (Å²) in [4.78, 5) is 35.2. The molecule has 0 saturated carbocycles. The molecule has 0 saturated heterocycles. The molecule has 0 aromatic rings. The van der Waals surface area contributed by atoms with Crippen LogP contribution in [0.3, 0.4) is 0 Å². The second-order valence-corrected chi connectivity index (χ2v) is 17.0. The Labute approximate surface area is 367 Å². The fourth-order valence-electron chi connectivity index (χ4n) is 6.22.